The standard InChI is InChI=1S/C17H13F4N5O2/c18-12-4-1-10(2-5-12)16(28)23-8-15(27)22-7-14-25-24-13-6-3-11(9-26(13)14)17(19,20)21/h1-6,9H,7-8H2,(H,22,27)(H,23,28). The first kappa shape index (κ1) is 19.3. The number of nitrogens with one attached hydrogen (secondary N) is 2. The van der Waals surface area contributed by atoms with E-state index in [0.717, 1.165) is 28.8 Å². The molecule has 146 valence electrons. The molecule has 2 N–H and O–H groups in total. The summed E-state index contributed by atoms with van der Waals surface area (Å²) >= 11 is 0. The van der Waals surface area contributed by atoms with Crippen LogP contribution in [-0.4, -0.2) is 33.0 Å². The Hall–Kier alpha value is -3.50. The smallest absolute Gasteiger partial charge is 0.347 e. The van der Waals surface area contributed by atoms with Gasteiger partial charge in [-0.1, -0.05) is 0 Å². The van der Waals surface area contributed by atoms with Crippen molar-refractivity contribution < 1.29 is 27.2 Å². The van der Waals surface area contributed by atoms with E-state index >= 15 is 0 Å². The van der Waals surface area contributed by atoms with E-state index in [9.17, 15) is 27.2 Å². The molecule has 0 saturated carbocycles. The zero-order valence-corrected chi connectivity index (χ0v) is 14.1. The quantitative estimate of drug-likeness (QED) is 0.647. The van der Waals surface area contributed by atoms with Crippen LogP contribution in [0.25, 0.3) is 5.65 Å². The molecule has 3 rings (SSSR count). The van der Waals surface area contributed by atoms with Crippen molar-refractivity contribution in [1.82, 2.24) is 25.2 Å². The zero-order chi connectivity index (χ0) is 20.3. The van der Waals surface area contributed by atoms with Gasteiger partial charge in [0.1, 0.15) is 5.82 Å². The third-order valence-electron chi connectivity index (χ3n) is 3.76. The molecule has 2 amide bonds. The van der Waals surface area contributed by atoms with Crippen molar-refractivity contribution in [2.45, 2.75) is 12.7 Å². The number of hydrogen-bond donors (Lipinski definition) is 2. The Morgan fingerprint density at radius 3 is 2.39 bits per heavy atom. The van der Waals surface area contributed by atoms with Crippen molar-refractivity contribution >= 4 is 17.5 Å². The normalized spacial score (nSPS) is 11.4. The molecule has 7 nitrogen and oxygen atoms in total. The summed E-state index contributed by atoms with van der Waals surface area (Å²) in [6.45, 7) is -0.561. The van der Waals surface area contributed by atoms with Crippen LogP contribution in [0.3, 0.4) is 0 Å². The maximum Gasteiger partial charge on any atom is 0.417 e. The summed E-state index contributed by atoms with van der Waals surface area (Å²) in [6.07, 6.45) is -3.68. The number of amides is 2. The Balaban J connectivity index is 1.58. The molecule has 1 aromatic carbocycles. The summed E-state index contributed by atoms with van der Waals surface area (Å²) < 4.78 is 52.4. The van der Waals surface area contributed by atoms with Crippen molar-refractivity contribution in [3.05, 3.63) is 65.4 Å². The predicted molar refractivity (Wildman–Crippen MR) is 88.6 cm³/mol. The maximum atomic E-state index is 12.8. The minimum absolute atomic E-state index is 0.0966. The first-order chi connectivity index (χ1) is 13.2. The monoisotopic (exact) mass is 395 g/mol. The van der Waals surface area contributed by atoms with E-state index in [2.05, 4.69) is 20.8 Å². The van der Waals surface area contributed by atoms with Crippen LogP contribution in [0.1, 0.15) is 21.7 Å². The highest BCUT2D eigenvalue weighted by Crippen LogP contribution is 2.29. The van der Waals surface area contributed by atoms with Crippen LogP contribution in [-0.2, 0) is 17.5 Å². The summed E-state index contributed by atoms with van der Waals surface area (Å²) in [4.78, 5) is 23.7. The lowest BCUT2D eigenvalue weighted by Gasteiger charge is -2.08. The Morgan fingerprint density at radius 1 is 1.00 bits per heavy atom. The molecule has 0 fully saturated rings. The van der Waals surface area contributed by atoms with Crippen molar-refractivity contribution in [3.63, 3.8) is 0 Å². The second-order valence-electron chi connectivity index (χ2n) is 5.73. The van der Waals surface area contributed by atoms with Gasteiger partial charge in [0.2, 0.25) is 5.91 Å². The minimum Gasteiger partial charge on any atom is -0.347 e. The van der Waals surface area contributed by atoms with Gasteiger partial charge in [0, 0.05) is 11.8 Å². The van der Waals surface area contributed by atoms with Crippen molar-refractivity contribution in [2.24, 2.45) is 0 Å². The Bertz CT molecular complexity index is 1010. The number of hydrogen-bond acceptors (Lipinski definition) is 4. The average Bonchev–Trinajstić information content (AvgIpc) is 3.06. The van der Waals surface area contributed by atoms with Gasteiger partial charge in [-0.05, 0) is 36.4 Å². The lowest BCUT2D eigenvalue weighted by molar-refractivity contribution is -0.137. The number of rotatable bonds is 5. The number of pyridine rings is 1. The Labute approximate surface area is 155 Å². The zero-order valence-electron chi connectivity index (χ0n) is 14.1. The fraction of sp³-hybridized carbons (Fsp3) is 0.176. The van der Waals surface area contributed by atoms with Gasteiger partial charge in [0.25, 0.3) is 5.91 Å². The largest absolute Gasteiger partial charge is 0.417 e. The summed E-state index contributed by atoms with van der Waals surface area (Å²) in [7, 11) is 0. The molecular weight excluding hydrogens is 382 g/mol. The fourth-order valence-corrected chi connectivity index (χ4v) is 2.33. The maximum absolute atomic E-state index is 12.8. The highest BCUT2D eigenvalue weighted by molar-refractivity contribution is 5.96. The molecule has 0 aliphatic carbocycles. The number of carbonyl (C=O) groups is 2. The molecule has 0 aliphatic rings. The van der Waals surface area contributed by atoms with E-state index in [1.807, 2.05) is 0 Å². The van der Waals surface area contributed by atoms with Crippen LogP contribution in [0.2, 0.25) is 0 Å². The van der Waals surface area contributed by atoms with Crippen LogP contribution in [0.5, 0.6) is 0 Å². The Morgan fingerprint density at radius 2 is 1.71 bits per heavy atom. The number of carbonyl (C=O) groups excluding carboxylic acids is 2. The second kappa shape index (κ2) is 7.62. The van der Waals surface area contributed by atoms with E-state index in [0.29, 0.717) is 0 Å². The van der Waals surface area contributed by atoms with Crippen LogP contribution in [0, 0.1) is 5.82 Å². The summed E-state index contributed by atoms with van der Waals surface area (Å²) in [5, 5.41) is 12.3. The van der Waals surface area contributed by atoms with Gasteiger partial charge in [-0.2, -0.15) is 13.2 Å². The number of fused-ring (bicyclic) bond motifs is 1. The number of alkyl halides is 3. The number of aromatic nitrogens is 3. The summed E-state index contributed by atoms with van der Waals surface area (Å²) in [5.74, 6) is -1.56. The van der Waals surface area contributed by atoms with Gasteiger partial charge in [0.15, 0.2) is 11.5 Å². The molecule has 0 atom stereocenters. The molecule has 3 aromatic rings. The third-order valence-corrected chi connectivity index (χ3v) is 3.76. The van der Waals surface area contributed by atoms with Crippen LogP contribution >= 0.6 is 0 Å². The van der Waals surface area contributed by atoms with Crippen LogP contribution in [0.4, 0.5) is 17.6 Å². The highest BCUT2D eigenvalue weighted by atomic mass is 19.4. The van der Waals surface area contributed by atoms with E-state index < -0.39 is 29.4 Å². The van der Waals surface area contributed by atoms with Crippen LogP contribution < -0.4 is 10.6 Å². The summed E-state index contributed by atoms with van der Waals surface area (Å²) in [6, 6.07) is 6.81. The summed E-state index contributed by atoms with van der Waals surface area (Å²) in [5.41, 5.74) is -0.502. The van der Waals surface area contributed by atoms with Gasteiger partial charge in [-0.15, -0.1) is 10.2 Å². The van der Waals surface area contributed by atoms with E-state index in [1.165, 1.54) is 18.2 Å². The first-order valence-electron chi connectivity index (χ1n) is 7.95. The predicted octanol–water partition coefficient (Wildman–Crippen LogP) is 1.93. The molecule has 2 aromatic heterocycles. The molecule has 0 saturated heterocycles. The van der Waals surface area contributed by atoms with E-state index in [1.54, 1.807) is 0 Å². The molecule has 11 heteroatoms. The third kappa shape index (κ3) is 4.42. The van der Waals surface area contributed by atoms with Gasteiger partial charge < -0.3 is 10.6 Å². The second-order valence-corrected chi connectivity index (χ2v) is 5.73. The van der Waals surface area contributed by atoms with Gasteiger partial charge in [-0.3, -0.25) is 14.0 Å². The molecule has 0 unspecified atom stereocenters. The van der Waals surface area contributed by atoms with Gasteiger partial charge in [0.05, 0.1) is 18.7 Å². The lowest BCUT2D eigenvalue weighted by atomic mass is 10.2. The van der Waals surface area contributed by atoms with Gasteiger partial charge >= 0.3 is 6.18 Å². The molecule has 0 radical (unpaired) electrons. The minimum atomic E-state index is -4.52. The van der Waals surface area contributed by atoms with Crippen molar-refractivity contribution in [1.29, 1.82) is 0 Å². The molecule has 2 heterocycles. The number of benzene rings is 1. The van der Waals surface area contributed by atoms with Crippen molar-refractivity contribution in [3.8, 4) is 0 Å². The Kier molecular flexibility index (Phi) is 5.25. The molecule has 0 bridgehead atoms. The van der Waals surface area contributed by atoms with E-state index in [-0.39, 0.29) is 30.1 Å². The molecule has 0 aliphatic heterocycles. The molecular formula is C17H13F4N5O2. The number of nitrogens with zero attached hydrogens (tertiary/aromatic N) is 3. The lowest BCUT2D eigenvalue weighted by Crippen LogP contribution is -2.36. The topological polar surface area (TPSA) is 88.4 Å². The highest BCUT2D eigenvalue weighted by Gasteiger charge is 2.31. The fourth-order valence-electron chi connectivity index (χ4n) is 2.33. The van der Waals surface area contributed by atoms with E-state index in [4.69, 9.17) is 0 Å². The van der Waals surface area contributed by atoms with Crippen LogP contribution in [0.15, 0.2) is 42.6 Å². The molecule has 0 spiro atoms. The number of halogens is 4. The first-order valence-corrected chi connectivity index (χ1v) is 7.95. The van der Waals surface area contributed by atoms with Gasteiger partial charge in [-0.25, -0.2) is 4.39 Å². The van der Waals surface area contributed by atoms with Crippen molar-refractivity contribution in [2.75, 3.05) is 6.54 Å². The molecule has 28 heavy (non-hydrogen) atoms. The average molecular weight is 395 g/mol. The SMILES string of the molecule is O=C(CNC(=O)c1ccc(F)cc1)NCc1nnc2ccc(C(F)(F)F)cn12.